The summed E-state index contributed by atoms with van der Waals surface area (Å²) in [6.45, 7) is 4.00. The smallest absolute Gasteiger partial charge is 0.401 e. The van der Waals surface area contributed by atoms with E-state index in [1.165, 1.54) is 24.3 Å². The molecule has 0 radical (unpaired) electrons. The van der Waals surface area contributed by atoms with Crippen molar-refractivity contribution in [3.8, 4) is 0 Å². The van der Waals surface area contributed by atoms with Gasteiger partial charge < -0.3 is 9.73 Å². The van der Waals surface area contributed by atoms with E-state index >= 15 is 0 Å². The molecule has 120 valence electrons. The third-order valence-corrected chi connectivity index (χ3v) is 3.40. The molecule has 1 aromatic carbocycles. The average molecular weight is 314 g/mol. The van der Waals surface area contributed by atoms with Crippen LogP contribution in [0.3, 0.4) is 0 Å². The molecule has 6 nitrogen and oxygen atoms in total. The van der Waals surface area contributed by atoms with Crippen molar-refractivity contribution in [1.29, 1.82) is 0 Å². The van der Waals surface area contributed by atoms with E-state index < -0.39 is 4.92 Å². The van der Waals surface area contributed by atoms with E-state index in [0.29, 0.717) is 0 Å². The second kappa shape index (κ2) is 7.40. The van der Waals surface area contributed by atoms with Crippen molar-refractivity contribution < 1.29 is 14.1 Å². The second-order valence-electron chi connectivity index (χ2n) is 5.15. The molecule has 2 rings (SSSR count). The van der Waals surface area contributed by atoms with Gasteiger partial charge in [-0.1, -0.05) is 36.8 Å². The minimum Gasteiger partial charge on any atom is -0.401 e. The highest BCUT2D eigenvalue weighted by molar-refractivity contribution is 5.91. The molecular formula is C17H18N2O4. The predicted octanol–water partition coefficient (Wildman–Crippen LogP) is 3.78. The standard InChI is InChI=1S/C17H18N2O4/c1-3-15(13-6-4-12(2)5-7-13)18-16(20)10-8-14-9-11-17(23-14)19(21)22/h4-11,15H,3H2,1-2H3,(H,18,20)/b10-8+/t15-/m0/s1. The molecule has 1 N–H and O–H groups in total. The first-order valence-electron chi connectivity index (χ1n) is 7.29. The normalized spacial score (nSPS) is 12.3. The molecule has 0 aliphatic heterocycles. The fourth-order valence-electron chi connectivity index (χ4n) is 2.13. The molecule has 1 amide bonds. The zero-order valence-corrected chi connectivity index (χ0v) is 13.0. The number of hydrogen-bond acceptors (Lipinski definition) is 4. The first-order chi connectivity index (χ1) is 11.0. The van der Waals surface area contributed by atoms with Gasteiger partial charge in [-0.2, -0.15) is 0 Å². The summed E-state index contributed by atoms with van der Waals surface area (Å²) in [5, 5.41) is 13.4. The fourth-order valence-corrected chi connectivity index (χ4v) is 2.13. The number of hydrogen-bond donors (Lipinski definition) is 1. The Balaban J connectivity index is 2.00. The molecule has 6 heteroatoms. The van der Waals surface area contributed by atoms with Crippen molar-refractivity contribution in [3.63, 3.8) is 0 Å². The van der Waals surface area contributed by atoms with Crippen LogP contribution in [0.15, 0.2) is 46.9 Å². The lowest BCUT2D eigenvalue weighted by Crippen LogP contribution is -2.26. The first-order valence-corrected chi connectivity index (χ1v) is 7.29. The molecule has 1 heterocycles. The number of benzene rings is 1. The van der Waals surface area contributed by atoms with Crippen LogP contribution in [0, 0.1) is 17.0 Å². The highest BCUT2D eigenvalue weighted by Gasteiger charge is 2.12. The number of carbonyl (C=O) groups excluding carboxylic acids is 1. The van der Waals surface area contributed by atoms with Gasteiger partial charge in [-0.05, 0) is 31.1 Å². The average Bonchev–Trinajstić information content (AvgIpc) is 3.01. The number of rotatable bonds is 6. The number of furan rings is 1. The van der Waals surface area contributed by atoms with Gasteiger partial charge in [0.05, 0.1) is 12.1 Å². The third-order valence-electron chi connectivity index (χ3n) is 3.40. The molecule has 0 aliphatic rings. The van der Waals surface area contributed by atoms with Crippen LogP contribution < -0.4 is 5.32 Å². The molecular weight excluding hydrogens is 296 g/mol. The van der Waals surface area contributed by atoms with E-state index in [1.54, 1.807) is 0 Å². The van der Waals surface area contributed by atoms with E-state index in [1.807, 2.05) is 38.1 Å². The molecule has 1 aromatic heterocycles. The number of nitrogens with one attached hydrogen (secondary N) is 1. The maximum atomic E-state index is 12.0. The molecule has 0 spiro atoms. The number of carbonyl (C=O) groups is 1. The lowest BCUT2D eigenvalue weighted by atomic mass is 10.0. The summed E-state index contributed by atoms with van der Waals surface area (Å²) in [4.78, 5) is 21.9. The summed E-state index contributed by atoms with van der Waals surface area (Å²) in [7, 11) is 0. The number of aryl methyl sites for hydroxylation is 1. The van der Waals surface area contributed by atoms with Crippen LogP contribution in [0.5, 0.6) is 0 Å². The Kier molecular flexibility index (Phi) is 5.30. The van der Waals surface area contributed by atoms with Gasteiger partial charge in [-0.25, -0.2) is 0 Å². The first kappa shape index (κ1) is 16.5. The predicted molar refractivity (Wildman–Crippen MR) is 86.8 cm³/mol. The summed E-state index contributed by atoms with van der Waals surface area (Å²) in [6.07, 6.45) is 3.47. The SMILES string of the molecule is CC[C@H](NC(=O)/C=C/c1ccc([N+](=O)[O-])o1)c1ccc(C)cc1. The van der Waals surface area contributed by atoms with Crippen LogP contribution >= 0.6 is 0 Å². The van der Waals surface area contributed by atoms with Gasteiger partial charge in [0, 0.05) is 6.08 Å². The van der Waals surface area contributed by atoms with Crippen LogP contribution in [0.4, 0.5) is 5.88 Å². The summed E-state index contributed by atoms with van der Waals surface area (Å²) in [5.41, 5.74) is 2.20. The quantitative estimate of drug-likeness (QED) is 0.499. The molecule has 0 saturated carbocycles. The van der Waals surface area contributed by atoms with E-state index in [9.17, 15) is 14.9 Å². The lowest BCUT2D eigenvalue weighted by molar-refractivity contribution is -0.402. The van der Waals surface area contributed by atoms with Crippen molar-refractivity contribution in [2.24, 2.45) is 0 Å². The van der Waals surface area contributed by atoms with Crippen molar-refractivity contribution >= 4 is 17.9 Å². The van der Waals surface area contributed by atoms with Crippen LogP contribution in [0.25, 0.3) is 6.08 Å². The number of amides is 1. The van der Waals surface area contributed by atoms with E-state index in [-0.39, 0.29) is 23.6 Å². The Labute approximate surface area is 134 Å². The number of nitro groups is 1. The summed E-state index contributed by atoms with van der Waals surface area (Å²) < 4.78 is 4.96. The van der Waals surface area contributed by atoms with Crippen LogP contribution in [0.1, 0.15) is 36.3 Å². The highest BCUT2D eigenvalue weighted by Crippen LogP contribution is 2.18. The van der Waals surface area contributed by atoms with Gasteiger partial charge in [-0.15, -0.1) is 0 Å². The molecule has 1 atom stereocenters. The van der Waals surface area contributed by atoms with Gasteiger partial charge in [-0.3, -0.25) is 14.9 Å². The summed E-state index contributed by atoms with van der Waals surface area (Å²) in [6, 6.07) is 10.6. The minimum atomic E-state index is -0.623. The van der Waals surface area contributed by atoms with Crippen molar-refractivity contribution in [1.82, 2.24) is 5.32 Å². The molecule has 0 fully saturated rings. The zero-order valence-electron chi connectivity index (χ0n) is 13.0. The van der Waals surface area contributed by atoms with Gasteiger partial charge in [0.2, 0.25) is 5.91 Å². The third kappa shape index (κ3) is 4.54. The minimum absolute atomic E-state index is 0.0845. The Bertz CT molecular complexity index is 716. The largest absolute Gasteiger partial charge is 0.433 e. The maximum absolute atomic E-state index is 12.0. The molecule has 0 bridgehead atoms. The molecule has 0 saturated heterocycles. The van der Waals surface area contributed by atoms with Crippen LogP contribution in [0.2, 0.25) is 0 Å². The highest BCUT2D eigenvalue weighted by atomic mass is 16.6. The van der Waals surface area contributed by atoms with Gasteiger partial charge in [0.25, 0.3) is 0 Å². The van der Waals surface area contributed by atoms with Crippen molar-refractivity contribution in [3.05, 3.63) is 69.5 Å². The monoisotopic (exact) mass is 314 g/mol. The van der Waals surface area contributed by atoms with Crippen molar-refractivity contribution in [2.75, 3.05) is 0 Å². The van der Waals surface area contributed by atoms with Crippen LogP contribution in [-0.4, -0.2) is 10.8 Å². The Morgan fingerprint density at radius 3 is 2.57 bits per heavy atom. The van der Waals surface area contributed by atoms with E-state index in [2.05, 4.69) is 5.32 Å². The Hall–Kier alpha value is -2.89. The van der Waals surface area contributed by atoms with E-state index in [4.69, 9.17) is 4.42 Å². The maximum Gasteiger partial charge on any atom is 0.433 e. The van der Waals surface area contributed by atoms with E-state index in [0.717, 1.165) is 17.5 Å². The topological polar surface area (TPSA) is 85.4 Å². The summed E-state index contributed by atoms with van der Waals surface area (Å²) >= 11 is 0. The molecule has 2 aromatic rings. The molecule has 23 heavy (non-hydrogen) atoms. The summed E-state index contributed by atoms with van der Waals surface area (Å²) in [5.74, 6) is -0.372. The van der Waals surface area contributed by atoms with Gasteiger partial charge in [0.1, 0.15) is 10.7 Å². The molecule has 0 aliphatic carbocycles. The van der Waals surface area contributed by atoms with Crippen LogP contribution in [-0.2, 0) is 4.79 Å². The van der Waals surface area contributed by atoms with Crippen molar-refractivity contribution in [2.45, 2.75) is 26.3 Å². The second-order valence-corrected chi connectivity index (χ2v) is 5.15. The number of nitrogens with zero attached hydrogens (tertiary/aromatic N) is 1. The Morgan fingerprint density at radius 1 is 1.30 bits per heavy atom. The fraction of sp³-hybridized carbons (Fsp3) is 0.235. The Morgan fingerprint density at radius 2 is 2.00 bits per heavy atom. The van der Waals surface area contributed by atoms with Gasteiger partial charge in [0.15, 0.2) is 0 Å². The van der Waals surface area contributed by atoms with Gasteiger partial charge >= 0.3 is 5.88 Å². The lowest BCUT2D eigenvalue weighted by Gasteiger charge is -2.16. The molecule has 0 unspecified atom stereocenters. The zero-order chi connectivity index (χ0) is 16.8.